The molecule has 0 aliphatic heterocycles. The quantitative estimate of drug-likeness (QED) is 0.844. The van der Waals surface area contributed by atoms with Crippen LogP contribution in [0, 0.1) is 6.92 Å². The van der Waals surface area contributed by atoms with Crippen LogP contribution < -0.4 is 5.73 Å². The number of nitrogens with zero attached hydrogens (tertiary/aromatic N) is 2. The maximum atomic E-state index is 11.9. The van der Waals surface area contributed by atoms with E-state index in [1.54, 1.807) is 19.2 Å². The molecule has 0 atom stereocenters. The molecule has 0 fully saturated rings. The highest BCUT2D eigenvalue weighted by Crippen LogP contribution is 2.11. The molecule has 5 heteroatoms. The minimum Gasteiger partial charge on any atom is -0.462 e. The highest BCUT2D eigenvalue weighted by Gasteiger charge is 2.11. The van der Waals surface area contributed by atoms with Gasteiger partial charge in [0.25, 0.3) is 0 Å². The van der Waals surface area contributed by atoms with Crippen molar-refractivity contribution in [3.63, 3.8) is 0 Å². The van der Waals surface area contributed by atoms with E-state index in [-0.39, 0.29) is 6.61 Å². The molecule has 2 aromatic heterocycles. The first-order valence-electron chi connectivity index (χ1n) is 5.96. The van der Waals surface area contributed by atoms with Crippen LogP contribution in [0.25, 0.3) is 0 Å². The Morgan fingerprint density at radius 3 is 2.95 bits per heavy atom. The number of hydrogen-bond acceptors (Lipinski definition) is 5. The molecular weight excluding hydrogens is 242 g/mol. The van der Waals surface area contributed by atoms with E-state index < -0.39 is 5.97 Å². The Hall–Kier alpha value is -2.43. The van der Waals surface area contributed by atoms with Gasteiger partial charge in [0, 0.05) is 18.3 Å². The van der Waals surface area contributed by atoms with Crippen LogP contribution >= 0.6 is 0 Å². The minimum absolute atomic E-state index is 0.282. The molecule has 2 rings (SSSR count). The predicted molar refractivity (Wildman–Crippen MR) is 71.6 cm³/mol. The Balaban J connectivity index is 1.93. The first-order valence-corrected chi connectivity index (χ1v) is 5.96. The number of rotatable bonds is 4. The van der Waals surface area contributed by atoms with Crippen molar-refractivity contribution < 1.29 is 9.53 Å². The number of carbonyl (C=O) groups excluding carboxylic acids is 1. The lowest BCUT2D eigenvalue weighted by atomic mass is 10.2. The number of pyridine rings is 2. The van der Waals surface area contributed by atoms with Crippen molar-refractivity contribution in [3.05, 3.63) is 53.6 Å². The molecule has 19 heavy (non-hydrogen) atoms. The first-order chi connectivity index (χ1) is 9.16. The molecule has 0 radical (unpaired) electrons. The molecule has 2 heterocycles. The number of aryl methyl sites for hydroxylation is 1. The third-order valence-corrected chi connectivity index (χ3v) is 2.65. The van der Waals surface area contributed by atoms with E-state index in [2.05, 4.69) is 9.97 Å². The number of carbonyl (C=O) groups is 1. The second kappa shape index (κ2) is 5.95. The third-order valence-electron chi connectivity index (χ3n) is 2.65. The molecular formula is C14H15N3O2. The Morgan fingerprint density at radius 2 is 2.21 bits per heavy atom. The molecule has 0 amide bonds. The van der Waals surface area contributed by atoms with Crippen LogP contribution in [0.15, 0.2) is 36.7 Å². The van der Waals surface area contributed by atoms with Gasteiger partial charge in [-0.2, -0.15) is 0 Å². The molecule has 5 nitrogen and oxygen atoms in total. The number of nitrogens with two attached hydrogens (primary N) is 1. The lowest BCUT2D eigenvalue weighted by molar-refractivity contribution is 0.0507. The average Bonchev–Trinajstić information content (AvgIpc) is 2.42. The maximum absolute atomic E-state index is 11.9. The van der Waals surface area contributed by atoms with Gasteiger partial charge < -0.3 is 10.5 Å². The van der Waals surface area contributed by atoms with Gasteiger partial charge >= 0.3 is 5.97 Å². The molecule has 0 saturated carbocycles. The van der Waals surface area contributed by atoms with Gasteiger partial charge in [-0.25, -0.2) is 4.79 Å². The van der Waals surface area contributed by atoms with Crippen molar-refractivity contribution in [1.29, 1.82) is 0 Å². The van der Waals surface area contributed by atoms with Gasteiger partial charge in [-0.1, -0.05) is 6.07 Å². The highest BCUT2D eigenvalue weighted by atomic mass is 16.5. The molecule has 0 bridgehead atoms. The summed E-state index contributed by atoms with van der Waals surface area (Å²) in [5, 5.41) is 0. The van der Waals surface area contributed by atoms with Gasteiger partial charge in [0.05, 0.1) is 29.7 Å². The monoisotopic (exact) mass is 257 g/mol. The SMILES string of the molecule is Cc1ncc(N)cc1C(=O)OCCc1ccccn1. The van der Waals surface area contributed by atoms with Crippen LogP contribution in [0.3, 0.4) is 0 Å². The van der Waals surface area contributed by atoms with Crippen molar-refractivity contribution in [3.8, 4) is 0 Å². The second-order valence-electron chi connectivity index (χ2n) is 4.11. The summed E-state index contributed by atoms with van der Waals surface area (Å²) in [7, 11) is 0. The van der Waals surface area contributed by atoms with Gasteiger partial charge in [0.2, 0.25) is 0 Å². The molecule has 2 N–H and O–H groups in total. The van der Waals surface area contributed by atoms with E-state index >= 15 is 0 Å². The van der Waals surface area contributed by atoms with Gasteiger partial charge in [0.1, 0.15) is 0 Å². The van der Waals surface area contributed by atoms with E-state index in [0.717, 1.165) is 5.69 Å². The Morgan fingerprint density at radius 1 is 1.37 bits per heavy atom. The first kappa shape index (κ1) is 13.0. The number of aromatic nitrogens is 2. The van der Waals surface area contributed by atoms with Crippen LogP contribution in [-0.4, -0.2) is 22.5 Å². The number of hydrogen-bond donors (Lipinski definition) is 1. The van der Waals surface area contributed by atoms with E-state index in [1.165, 1.54) is 6.20 Å². The second-order valence-corrected chi connectivity index (χ2v) is 4.11. The zero-order valence-electron chi connectivity index (χ0n) is 10.7. The zero-order chi connectivity index (χ0) is 13.7. The zero-order valence-corrected chi connectivity index (χ0v) is 10.7. The largest absolute Gasteiger partial charge is 0.462 e. The fourth-order valence-corrected chi connectivity index (χ4v) is 1.63. The van der Waals surface area contributed by atoms with Crippen LogP contribution in [0.5, 0.6) is 0 Å². The van der Waals surface area contributed by atoms with Gasteiger partial charge in [0.15, 0.2) is 0 Å². The average molecular weight is 257 g/mol. The Labute approximate surface area is 111 Å². The van der Waals surface area contributed by atoms with E-state index in [0.29, 0.717) is 23.4 Å². The number of esters is 1. The molecule has 0 saturated heterocycles. The number of ether oxygens (including phenoxy) is 1. The topological polar surface area (TPSA) is 78.1 Å². The standard InChI is InChI=1S/C14H15N3O2/c1-10-13(8-11(15)9-17-10)14(18)19-7-5-12-4-2-3-6-16-12/h2-4,6,8-9H,5,7,15H2,1H3. The predicted octanol–water partition coefficient (Wildman–Crippen LogP) is 1.77. The fraction of sp³-hybridized carbons (Fsp3) is 0.214. The van der Waals surface area contributed by atoms with Crippen molar-refractivity contribution >= 4 is 11.7 Å². The molecule has 0 aromatic carbocycles. The van der Waals surface area contributed by atoms with Crippen LogP contribution in [0.2, 0.25) is 0 Å². The van der Waals surface area contributed by atoms with E-state index in [9.17, 15) is 4.79 Å². The molecule has 2 aromatic rings. The Bertz CT molecular complexity index is 570. The lowest BCUT2D eigenvalue weighted by Gasteiger charge is -2.07. The molecule has 0 spiro atoms. The highest BCUT2D eigenvalue weighted by molar-refractivity contribution is 5.91. The van der Waals surface area contributed by atoms with Gasteiger partial charge in [-0.05, 0) is 25.1 Å². The smallest absolute Gasteiger partial charge is 0.340 e. The summed E-state index contributed by atoms with van der Waals surface area (Å²) in [6.07, 6.45) is 3.81. The fourth-order valence-electron chi connectivity index (χ4n) is 1.63. The van der Waals surface area contributed by atoms with Crippen LogP contribution in [0.1, 0.15) is 21.7 Å². The molecule has 0 aliphatic rings. The third kappa shape index (κ3) is 3.51. The summed E-state index contributed by atoms with van der Waals surface area (Å²) in [6, 6.07) is 7.21. The van der Waals surface area contributed by atoms with Gasteiger partial charge in [-0.15, -0.1) is 0 Å². The molecule has 0 unspecified atom stereocenters. The van der Waals surface area contributed by atoms with Crippen molar-refractivity contribution in [2.45, 2.75) is 13.3 Å². The van der Waals surface area contributed by atoms with Crippen molar-refractivity contribution in [2.24, 2.45) is 0 Å². The van der Waals surface area contributed by atoms with E-state index in [4.69, 9.17) is 10.5 Å². The Kier molecular flexibility index (Phi) is 4.07. The number of anilines is 1. The lowest BCUT2D eigenvalue weighted by Crippen LogP contribution is -2.11. The maximum Gasteiger partial charge on any atom is 0.340 e. The van der Waals surface area contributed by atoms with Crippen molar-refractivity contribution in [1.82, 2.24) is 9.97 Å². The van der Waals surface area contributed by atoms with Crippen molar-refractivity contribution in [2.75, 3.05) is 12.3 Å². The molecule has 98 valence electrons. The summed E-state index contributed by atoms with van der Waals surface area (Å²) >= 11 is 0. The summed E-state index contributed by atoms with van der Waals surface area (Å²) in [4.78, 5) is 20.1. The summed E-state index contributed by atoms with van der Waals surface area (Å²) < 4.78 is 5.19. The number of nitrogen functional groups attached to an aromatic ring is 1. The summed E-state index contributed by atoms with van der Waals surface area (Å²) in [5.41, 5.74) is 7.95. The minimum atomic E-state index is -0.409. The van der Waals surface area contributed by atoms with E-state index in [1.807, 2.05) is 18.2 Å². The van der Waals surface area contributed by atoms with Gasteiger partial charge in [-0.3, -0.25) is 9.97 Å². The molecule has 0 aliphatic carbocycles. The van der Waals surface area contributed by atoms with Crippen LogP contribution in [0.4, 0.5) is 5.69 Å². The normalized spacial score (nSPS) is 10.2. The summed E-state index contributed by atoms with van der Waals surface area (Å²) in [6.45, 7) is 2.03. The van der Waals surface area contributed by atoms with Crippen LogP contribution in [-0.2, 0) is 11.2 Å². The summed E-state index contributed by atoms with van der Waals surface area (Å²) in [5.74, 6) is -0.409.